The van der Waals surface area contributed by atoms with Crippen molar-refractivity contribution in [2.75, 3.05) is 13.2 Å². The molecule has 382 valence electrons. The summed E-state index contributed by atoms with van der Waals surface area (Å²) in [6.07, 6.45) is -2.39. The number of carbonyl (C=O) groups excluding carboxylic acids is 9. The summed E-state index contributed by atoms with van der Waals surface area (Å²) in [5.41, 5.74) is 11.5. The molecule has 0 saturated heterocycles. The topological polar surface area (TPSA) is 400 Å². The molecule has 0 aliphatic heterocycles. The lowest BCUT2D eigenvalue weighted by atomic mass is 10.00. The molecule has 0 unspecified atom stereocenters. The number of phenolic OH excluding ortho intramolecular Hbond substituents is 1. The van der Waals surface area contributed by atoms with Crippen LogP contribution in [0.3, 0.4) is 0 Å². The van der Waals surface area contributed by atoms with Gasteiger partial charge in [-0.3, -0.25) is 43.2 Å². The second-order valence-corrected chi connectivity index (χ2v) is 17.9. The van der Waals surface area contributed by atoms with E-state index in [0.29, 0.717) is 5.56 Å². The van der Waals surface area contributed by atoms with E-state index in [1.807, 2.05) is 0 Å². The van der Waals surface area contributed by atoms with E-state index in [1.54, 1.807) is 41.5 Å². The van der Waals surface area contributed by atoms with Crippen LogP contribution < -0.4 is 54.0 Å². The Morgan fingerprint density at radius 3 is 1.47 bits per heavy atom. The fourth-order valence-electron chi connectivity index (χ4n) is 6.50. The number of aromatic hydroxyl groups is 1. The number of hydrogen-bond donors (Lipinski definition) is 14. The van der Waals surface area contributed by atoms with Gasteiger partial charge in [0.15, 0.2) is 0 Å². The zero-order valence-electron chi connectivity index (χ0n) is 39.9. The summed E-state index contributed by atoms with van der Waals surface area (Å²) in [5.74, 6) is -10.1. The van der Waals surface area contributed by atoms with Gasteiger partial charge in [-0.1, -0.05) is 53.7 Å². The lowest BCUT2D eigenvalue weighted by Gasteiger charge is -2.29. The van der Waals surface area contributed by atoms with Crippen molar-refractivity contribution < 1.29 is 68.4 Å². The highest BCUT2D eigenvalue weighted by molar-refractivity contribution is 5.98. The maximum atomic E-state index is 13.8. The van der Waals surface area contributed by atoms with Gasteiger partial charge in [-0.25, -0.2) is 4.79 Å². The Labute approximate surface area is 395 Å². The number of aliphatic carboxylic acids is 1. The maximum absolute atomic E-state index is 13.8. The number of nitrogens with one attached hydrogen (secondary N) is 8. The second-order valence-electron chi connectivity index (χ2n) is 17.9. The molecule has 0 radical (unpaired) electrons. The highest BCUT2D eigenvalue weighted by Crippen LogP contribution is 2.13. The van der Waals surface area contributed by atoms with E-state index < -0.39 is 127 Å². The van der Waals surface area contributed by atoms with E-state index in [-0.39, 0.29) is 62.0 Å². The highest BCUT2D eigenvalue weighted by atomic mass is 16.4. The molecule has 9 amide bonds. The number of primary amides is 1. The summed E-state index contributed by atoms with van der Waals surface area (Å²) in [5, 5.41) is 59.2. The number of carboxylic acids is 1. The summed E-state index contributed by atoms with van der Waals surface area (Å²) < 4.78 is 0. The number of rotatable bonds is 30. The van der Waals surface area contributed by atoms with Crippen LogP contribution in [0, 0.1) is 17.8 Å². The minimum Gasteiger partial charge on any atom is -0.508 e. The number of amides is 9. The lowest BCUT2D eigenvalue weighted by Crippen LogP contribution is -2.62. The predicted octanol–water partition coefficient (Wildman–Crippen LogP) is -3.35. The standard InChI is InChI=1S/C44H72N10O14/c1-21(2)15-29(39(62)49-28(13-14-34(46)58)38(61)47-19-35(59)48-32(44(67)68)17-23(5)6)52-43(66)36(25(8)56)54-41(64)30(16-22(3)4)51-42(65)33(20-55)53-40(63)31(50-37(60)24(7)45)18-26-9-11-27(57)12-10-26/h9-12,21-25,28-33,36,55-57H,13-20,45H2,1-8H3,(H2,46,58)(H,47,61)(H,48,59)(H,49,62)(H,50,60)(H,51,65)(H,52,66)(H,53,63)(H,54,64)(H,67,68)/t24-,25+,28-,29-,30-,31-,32-,33-,36-/m0/s1. The first-order valence-corrected chi connectivity index (χ1v) is 22.4. The first-order valence-electron chi connectivity index (χ1n) is 22.4. The van der Waals surface area contributed by atoms with Crippen LogP contribution in [0.15, 0.2) is 24.3 Å². The Kier molecular flexibility index (Phi) is 25.8. The predicted molar refractivity (Wildman–Crippen MR) is 245 cm³/mol. The van der Waals surface area contributed by atoms with Crippen LogP contribution >= 0.6 is 0 Å². The van der Waals surface area contributed by atoms with Gasteiger partial charge in [-0.2, -0.15) is 0 Å². The van der Waals surface area contributed by atoms with Gasteiger partial charge in [0.25, 0.3) is 0 Å². The lowest BCUT2D eigenvalue weighted by molar-refractivity contribution is -0.142. The first kappa shape index (κ1) is 59.6. The summed E-state index contributed by atoms with van der Waals surface area (Å²) in [7, 11) is 0. The normalized spacial score (nSPS) is 15.2. The molecular formula is C44H72N10O14. The van der Waals surface area contributed by atoms with Gasteiger partial charge in [0.1, 0.15) is 48.0 Å². The Morgan fingerprint density at radius 2 is 1.00 bits per heavy atom. The van der Waals surface area contributed by atoms with Crippen molar-refractivity contribution in [3.8, 4) is 5.75 Å². The van der Waals surface area contributed by atoms with Gasteiger partial charge in [-0.15, -0.1) is 0 Å². The van der Waals surface area contributed by atoms with Crippen molar-refractivity contribution in [2.45, 2.75) is 148 Å². The maximum Gasteiger partial charge on any atom is 0.326 e. The molecule has 1 rings (SSSR count). The quantitative estimate of drug-likeness (QED) is 0.0358. The van der Waals surface area contributed by atoms with Crippen molar-refractivity contribution in [1.29, 1.82) is 0 Å². The third kappa shape index (κ3) is 22.4. The Morgan fingerprint density at radius 1 is 0.559 bits per heavy atom. The van der Waals surface area contributed by atoms with Gasteiger partial charge < -0.3 is 74.4 Å². The number of benzene rings is 1. The highest BCUT2D eigenvalue weighted by Gasteiger charge is 2.36. The van der Waals surface area contributed by atoms with Crippen molar-refractivity contribution in [3.05, 3.63) is 29.8 Å². The van der Waals surface area contributed by atoms with Crippen LogP contribution in [0.2, 0.25) is 0 Å². The fourth-order valence-corrected chi connectivity index (χ4v) is 6.50. The Hall–Kier alpha value is -6.40. The molecule has 0 spiro atoms. The smallest absolute Gasteiger partial charge is 0.326 e. The van der Waals surface area contributed by atoms with Gasteiger partial charge in [0.2, 0.25) is 53.2 Å². The molecule has 24 nitrogen and oxygen atoms in total. The molecule has 0 aromatic heterocycles. The molecule has 24 heteroatoms. The summed E-state index contributed by atoms with van der Waals surface area (Å²) in [4.78, 5) is 130. The first-order chi connectivity index (χ1) is 31.6. The Balaban J connectivity index is 3.27. The largest absolute Gasteiger partial charge is 0.508 e. The average molecular weight is 965 g/mol. The number of carboxylic acid groups (broad SMARTS) is 1. The van der Waals surface area contributed by atoms with Crippen LogP contribution in [0.5, 0.6) is 5.75 Å². The van der Waals surface area contributed by atoms with Crippen LogP contribution in [-0.4, -0.2) is 147 Å². The van der Waals surface area contributed by atoms with E-state index >= 15 is 0 Å². The zero-order valence-corrected chi connectivity index (χ0v) is 39.9. The van der Waals surface area contributed by atoms with Gasteiger partial charge in [0, 0.05) is 12.8 Å². The number of hydrogen-bond acceptors (Lipinski definition) is 14. The van der Waals surface area contributed by atoms with Gasteiger partial charge >= 0.3 is 5.97 Å². The number of aliphatic hydroxyl groups is 2. The summed E-state index contributed by atoms with van der Waals surface area (Å²) in [6, 6.07) is -5.49. The molecule has 9 atom stereocenters. The molecule has 0 saturated carbocycles. The summed E-state index contributed by atoms with van der Waals surface area (Å²) in [6.45, 7) is 11.3. The minimum atomic E-state index is -1.74. The molecule has 0 aliphatic carbocycles. The second kappa shape index (κ2) is 29.4. The molecule has 0 bridgehead atoms. The van der Waals surface area contributed by atoms with Crippen molar-refractivity contribution >= 4 is 59.1 Å². The van der Waals surface area contributed by atoms with E-state index in [0.717, 1.165) is 0 Å². The minimum absolute atomic E-state index is 0.0396. The van der Waals surface area contributed by atoms with Crippen molar-refractivity contribution in [1.82, 2.24) is 42.5 Å². The molecular weight excluding hydrogens is 893 g/mol. The molecule has 16 N–H and O–H groups in total. The third-order valence-corrected chi connectivity index (χ3v) is 10.1. The molecule has 1 aromatic rings. The van der Waals surface area contributed by atoms with Crippen LogP contribution in [-0.2, 0) is 54.4 Å². The fraction of sp³-hybridized carbons (Fsp3) is 0.636. The van der Waals surface area contributed by atoms with Crippen LogP contribution in [0.25, 0.3) is 0 Å². The van der Waals surface area contributed by atoms with Crippen LogP contribution in [0.4, 0.5) is 0 Å². The van der Waals surface area contributed by atoms with Crippen molar-refractivity contribution in [3.63, 3.8) is 0 Å². The SMILES string of the molecule is CC(C)C[C@H](NC(=O)CNC(=O)[C@H](CCC(N)=O)NC(=O)[C@H](CC(C)C)NC(=O)[C@@H](NC(=O)[C@H](CC(C)C)NC(=O)[C@H](CO)NC(=O)[C@H](Cc1ccc(O)cc1)NC(=O)[C@H](C)N)[C@@H](C)O)C(=O)O. The van der Waals surface area contributed by atoms with Gasteiger partial charge in [0.05, 0.1) is 25.3 Å². The summed E-state index contributed by atoms with van der Waals surface area (Å²) >= 11 is 0. The van der Waals surface area contributed by atoms with Crippen molar-refractivity contribution in [2.24, 2.45) is 29.2 Å². The molecule has 0 heterocycles. The molecule has 68 heavy (non-hydrogen) atoms. The van der Waals surface area contributed by atoms with E-state index in [4.69, 9.17) is 11.5 Å². The van der Waals surface area contributed by atoms with E-state index in [9.17, 15) is 68.4 Å². The monoisotopic (exact) mass is 965 g/mol. The third-order valence-electron chi connectivity index (χ3n) is 10.1. The number of nitrogens with two attached hydrogens (primary N) is 2. The molecule has 0 aliphatic rings. The van der Waals surface area contributed by atoms with Gasteiger partial charge in [-0.05, 0) is 75.0 Å². The van der Waals surface area contributed by atoms with E-state index in [2.05, 4.69) is 42.5 Å². The van der Waals surface area contributed by atoms with Crippen LogP contribution in [0.1, 0.15) is 93.1 Å². The number of phenols is 1. The number of carbonyl (C=O) groups is 10. The zero-order chi connectivity index (χ0) is 52.0. The number of aliphatic hydroxyl groups excluding tert-OH is 2. The molecule has 1 aromatic carbocycles. The molecule has 0 fully saturated rings. The average Bonchev–Trinajstić information content (AvgIpc) is 3.23. The Bertz CT molecular complexity index is 1890. The van der Waals surface area contributed by atoms with E-state index in [1.165, 1.54) is 38.1 Å².